The minimum absolute atomic E-state index is 0.0140. The predicted octanol–water partition coefficient (Wildman–Crippen LogP) is 4.39. The smallest absolute Gasteiger partial charge is 0.232 e. The summed E-state index contributed by atoms with van der Waals surface area (Å²) in [7, 11) is 1.70. The van der Waals surface area contributed by atoms with Crippen molar-refractivity contribution >= 4 is 5.69 Å². The van der Waals surface area contributed by atoms with Crippen LogP contribution in [0.5, 0.6) is 5.88 Å². The molecule has 0 saturated heterocycles. The van der Waals surface area contributed by atoms with Crippen LogP contribution in [0.3, 0.4) is 0 Å². The zero-order valence-corrected chi connectivity index (χ0v) is 17.6. The van der Waals surface area contributed by atoms with E-state index in [1.54, 1.807) is 25.7 Å². The highest BCUT2D eigenvalue weighted by molar-refractivity contribution is 5.63. The molecule has 3 aromatic rings. The van der Waals surface area contributed by atoms with Gasteiger partial charge in [-0.3, -0.25) is 4.98 Å². The first-order valence-corrected chi connectivity index (χ1v) is 9.90. The average Bonchev–Trinajstić information content (AvgIpc) is 2.75. The van der Waals surface area contributed by atoms with Crippen LogP contribution in [0.1, 0.15) is 30.8 Å². The molecule has 0 saturated carbocycles. The molecule has 1 aromatic carbocycles. The molecule has 0 aliphatic heterocycles. The number of ether oxygens (including phenoxy) is 2. The average molecular weight is 406 g/mol. The third-order valence-electron chi connectivity index (χ3n) is 4.58. The minimum atomic E-state index is 0.0140. The number of anilines is 1. The van der Waals surface area contributed by atoms with E-state index in [-0.39, 0.29) is 5.92 Å². The number of benzene rings is 1. The lowest BCUT2D eigenvalue weighted by molar-refractivity contribution is 0.190. The molecule has 0 aliphatic carbocycles. The standard InChI is InChI=1S/C23H27N5O2/c1-5-30-23-15-24-14-22(28-23)18-6-8-19(9-7-18)26-16(2)20(11-13-29-4)21-10-12-25-17(3)27-21/h6-10,12,14-15,20,26H,2,5,11,13H2,1,3-4H3. The van der Waals surface area contributed by atoms with E-state index < -0.39 is 0 Å². The maximum absolute atomic E-state index is 5.44. The summed E-state index contributed by atoms with van der Waals surface area (Å²) in [4.78, 5) is 17.4. The molecule has 0 fully saturated rings. The van der Waals surface area contributed by atoms with Crippen LogP contribution in [-0.2, 0) is 4.74 Å². The van der Waals surface area contributed by atoms with E-state index in [1.165, 1.54) is 0 Å². The van der Waals surface area contributed by atoms with Gasteiger partial charge in [-0.05, 0) is 38.5 Å². The molecule has 3 rings (SSSR count). The van der Waals surface area contributed by atoms with Gasteiger partial charge in [-0.2, -0.15) is 0 Å². The molecule has 7 heteroatoms. The molecule has 0 aliphatic rings. The summed E-state index contributed by atoms with van der Waals surface area (Å²) < 4.78 is 10.7. The van der Waals surface area contributed by atoms with Gasteiger partial charge in [0, 0.05) is 42.8 Å². The SMILES string of the molecule is C=C(Nc1ccc(-c2cncc(OCC)n2)cc1)C(CCOC)c1ccnc(C)n1. The van der Waals surface area contributed by atoms with E-state index in [4.69, 9.17) is 9.47 Å². The Bertz CT molecular complexity index is 975. The molecule has 1 unspecified atom stereocenters. The molecule has 0 bridgehead atoms. The van der Waals surface area contributed by atoms with Crippen LogP contribution in [0.2, 0.25) is 0 Å². The van der Waals surface area contributed by atoms with Gasteiger partial charge < -0.3 is 14.8 Å². The van der Waals surface area contributed by atoms with Crippen LogP contribution in [0.4, 0.5) is 5.69 Å². The lowest BCUT2D eigenvalue weighted by Crippen LogP contribution is -2.14. The van der Waals surface area contributed by atoms with Gasteiger partial charge in [-0.25, -0.2) is 15.0 Å². The van der Waals surface area contributed by atoms with Gasteiger partial charge in [0.05, 0.1) is 30.4 Å². The summed E-state index contributed by atoms with van der Waals surface area (Å²) in [6.45, 7) is 9.23. The van der Waals surface area contributed by atoms with Gasteiger partial charge in [0.2, 0.25) is 5.88 Å². The summed E-state index contributed by atoms with van der Waals surface area (Å²) in [5.41, 5.74) is 4.45. The second-order valence-corrected chi connectivity index (χ2v) is 6.77. The van der Waals surface area contributed by atoms with Crippen molar-refractivity contribution in [2.24, 2.45) is 0 Å². The fraction of sp³-hybridized carbons (Fsp3) is 0.304. The van der Waals surface area contributed by atoms with Crippen LogP contribution in [-0.4, -0.2) is 40.3 Å². The van der Waals surface area contributed by atoms with E-state index >= 15 is 0 Å². The fourth-order valence-corrected chi connectivity index (χ4v) is 3.11. The van der Waals surface area contributed by atoms with Crippen LogP contribution in [0.25, 0.3) is 11.3 Å². The largest absolute Gasteiger partial charge is 0.477 e. The lowest BCUT2D eigenvalue weighted by atomic mass is 9.97. The fourth-order valence-electron chi connectivity index (χ4n) is 3.11. The number of allylic oxidation sites excluding steroid dienone is 1. The number of rotatable bonds is 10. The zero-order chi connectivity index (χ0) is 21.3. The quantitative estimate of drug-likeness (QED) is 0.536. The molecule has 7 nitrogen and oxygen atoms in total. The van der Waals surface area contributed by atoms with Gasteiger partial charge in [0.1, 0.15) is 5.82 Å². The monoisotopic (exact) mass is 405 g/mol. The zero-order valence-electron chi connectivity index (χ0n) is 17.6. The van der Waals surface area contributed by atoms with Crippen molar-refractivity contribution in [3.63, 3.8) is 0 Å². The van der Waals surface area contributed by atoms with E-state index in [2.05, 4.69) is 31.8 Å². The van der Waals surface area contributed by atoms with Crippen LogP contribution >= 0.6 is 0 Å². The number of nitrogens with zero attached hydrogens (tertiary/aromatic N) is 4. The number of methoxy groups -OCH3 is 1. The highest BCUT2D eigenvalue weighted by atomic mass is 16.5. The number of nitrogens with one attached hydrogen (secondary N) is 1. The second-order valence-electron chi connectivity index (χ2n) is 6.77. The highest BCUT2D eigenvalue weighted by Gasteiger charge is 2.17. The Kier molecular flexibility index (Phi) is 7.45. The molecule has 2 heterocycles. The van der Waals surface area contributed by atoms with E-state index in [1.807, 2.05) is 44.2 Å². The van der Waals surface area contributed by atoms with Crippen LogP contribution in [0, 0.1) is 6.92 Å². The molecule has 0 spiro atoms. The summed E-state index contributed by atoms with van der Waals surface area (Å²) in [5.74, 6) is 1.27. The summed E-state index contributed by atoms with van der Waals surface area (Å²) in [6.07, 6.45) is 5.89. The Hall–Kier alpha value is -3.32. The maximum atomic E-state index is 5.44. The first-order chi connectivity index (χ1) is 14.6. The van der Waals surface area contributed by atoms with Crippen molar-refractivity contribution in [2.45, 2.75) is 26.2 Å². The predicted molar refractivity (Wildman–Crippen MR) is 117 cm³/mol. The van der Waals surface area contributed by atoms with Gasteiger partial charge in [0.15, 0.2) is 0 Å². The van der Waals surface area contributed by atoms with Gasteiger partial charge in [-0.15, -0.1) is 0 Å². The van der Waals surface area contributed by atoms with Crippen molar-refractivity contribution in [1.29, 1.82) is 0 Å². The van der Waals surface area contributed by atoms with Gasteiger partial charge >= 0.3 is 0 Å². The molecule has 156 valence electrons. The third-order valence-corrected chi connectivity index (χ3v) is 4.58. The molecule has 0 amide bonds. The first-order valence-electron chi connectivity index (χ1n) is 9.90. The molecule has 0 radical (unpaired) electrons. The van der Waals surface area contributed by atoms with Gasteiger partial charge in [0.25, 0.3) is 0 Å². The van der Waals surface area contributed by atoms with Crippen molar-refractivity contribution < 1.29 is 9.47 Å². The van der Waals surface area contributed by atoms with Crippen LogP contribution in [0.15, 0.2) is 61.2 Å². The Morgan fingerprint density at radius 3 is 2.63 bits per heavy atom. The van der Waals surface area contributed by atoms with Crippen LogP contribution < -0.4 is 10.1 Å². The number of aryl methyl sites for hydroxylation is 1. The lowest BCUT2D eigenvalue weighted by Gasteiger charge is -2.21. The minimum Gasteiger partial charge on any atom is -0.477 e. The second kappa shape index (κ2) is 10.5. The normalized spacial score (nSPS) is 11.7. The van der Waals surface area contributed by atoms with E-state index in [0.29, 0.717) is 19.1 Å². The maximum Gasteiger partial charge on any atom is 0.232 e. The number of hydrogen-bond acceptors (Lipinski definition) is 7. The summed E-state index contributed by atoms with van der Waals surface area (Å²) >= 11 is 0. The van der Waals surface area contributed by atoms with Crippen molar-refractivity contribution in [3.05, 3.63) is 72.7 Å². The summed E-state index contributed by atoms with van der Waals surface area (Å²) in [5, 5.41) is 3.41. The Labute approximate surface area is 177 Å². The Morgan fingerprint density at radius 2 is 1.93 bits per heavy atom. The molecule has 1 atom stereocenters. The Morgan fingerprint density at radius 1 is 1.13 bits per heavy atom. The van der Waals surface area contributed by atoms with E-state index in [9.17, 15) is 0 Å². The Balaban J connectivity index is 1.74. The molecule has 2 aromatic heterocycles. The first kappa shape index (κ1) is 21.4. The van der Waals surface area contributed by atoms with E-state index in [0.717, 1.165) is 40.6 Å². The van der Waals surface area contributed by atoms with Gasteiger partial charge in [-0.1, -0.05) is 18.7 Å². The molecule has 30 heavy (non-hydrogen) atoms. The number of aromatic nitrogens is 4. The summed E-state index contributed by atoms with van der Waals surface area (Å²) in [6, 6.07) is 9.90. The third kappa shape index (κ3) is 5.61. The molecular formula is C23H27N5O2. The molecular weight excluding hydrogens is 378 g/mol. The molecule has 1 N–H and O–H groups in total. The van der Waals surface area contributed by atoms with Crippen molar-refractivity contribution in [1.82, 2.24) is 19.9 Å². The highest BCUT2D eigenvalue weighted by Crippen LogP contribution is 2.28. The number of hydrogen-bond donors (Lipinski definition) is 1. The topological polar surface area (TPSA) is 82.1 Å². The van der Waals surface area contributed by atoms with Crippen molar-refractivity contribution in [2.75, 3.05) is 25.6 Å². The van der Waals surface area contributed by atoms with Crippen molar-refractivity contribution in [3.8, 4) is 17.1 Å².